The van der Waals surface area contributed by atoms with Crippen LogP contribution in [0.3, 0.4) is 0 Å². The van der Waals surface area contributed by atoms with Crippen molar-refractivity contribution in [1.29, 1.82) is 0 Å². The van der Waals surface area contributed by atoms with Crippen LogP contribution in [0.5, 0.6) is 0 Å². The van der Waals surface area contributed by atoms with Gasteiger partial charge in [0.05, 0.1) is 0 Å². The Morgan fingerprint density at radius 3 is 2.92 bits per heavy atom. The van der Waals surface area contributed by atoms with Gasteiger partial charge in [-0.05, 0) is 24.3 Å². The van der Waals surface area contributed by atoms with Crippen LogP contribution in [0.2, 0.25) is 0 Å². The van der Waals surface area contributed by atoms with Crippen molar-refractivity contribution in [2.24, 2.45) is 0 Å². The maximum atomic E-state index is 10.4. The van der Waals surface area contributed by atoms with E-state index in [0.717, 1.165) is 11.7 Å². The zero-order valence-electron chi connectivity index (χ0n) is 6.86. The number of furan rings is 1. The molecule has 0 saturated heterocycles. The summed E-state index contributed by atoms with van der Waals surface area (Å²) in [5.41, 5.74) is 1.30. The third-order valence-corrected chi connectivity index (χ3v) is 1.88. The number of benzene rings is 1. The Hall–Kier alpha value is -1.61. The van der Waals surface area contributed by atoms with Crippen molar-refractivity contribution in [3.05, 3.63) is 35.6 Å². The minimum Gasteiger partial charge on any atom is -0.459 e. The Bertz CT molecular complexity index is 442. The second-order valence-corrected chi connectivity index (χ2v) is 2.79. The predicted octanol–water partition coefficient (Wildman–Crippen LogP) is 1.74. The molecule has 0 saturated carbocycles. The largest absolute Gasteiger partial charge is 0.459 e. The molecule has 2 rings (SSSR count). The van der Waals surface area contributed by atoms with E-state index in [4.69, 9.17) is 9.52 Å². The van der Waals surface area contributed by atoms with Gasteiger partial charge < -0.3 is 9.52 Å². The van der Waals surface area contributed by atoms with E-state index in [1.165, 1.54) is 0 Å². The quantitative estimate of drug-likeness (QED) is 0.709. The smallest absolute Gasteiger partial charge is 0.150 e. The Morgan fingerprint density at radius 2 is 2.23 bits per heavy atom. The van der Waals surface area contributed by atoms with Gasteiger partial charge in [0.15, 0.2) is 0 Å². The highest BCUT2D eigenvalue weighted by Crippen LogP contribution is 2.19. The van der Waals surface area contributed by atoms with Gasteiger partial charge in [0.25, 0.3) is 0 Å². The first-order valence-corrected chi connectivity index (χ1v) is 3.92. The summed E-state index contributed by atoms with van der Waals surface area (Å²) in [6.07, 6.45) is 0.783. The van der Waals surface area contributed by atoms with Gasteiger partial charge in [-0.15, -0.1) is 0 Å². The van der Waals surface area contributed by atoms with Gasteiger partial charge in [0.2, 0.25) is 0 Å². The second-order valence-electron chi connectivity index (χ2n) is 2.79. The molecule has 0 aliphatic rings. The van der Waals surface area contributed by atoms with Gasteiger partial charge in [0, 0.05) is 10.9 Å². The Balaban J connectivity index is 2.63. The van der Waals surface area contributed by atoms with Crippen molar-refractivity contribution in [2.45, 2.75) is 6.61 Å². The lowest BCUT2D eigenvalue weighted by atomic mass is 10.2. The van der Waals surface area contributed by atoms with Crippen molar-refractivity contribution < 1.29 is 14.3 Å². The lowest BCUT2D eigenvalue weighted by molar-refractivity contribution is 0.112. The minimum atomic E-state index is -0.120. The lowest BCUT2D eigenvalue weighted by Gasteiger charge is -1.88. The highest BCUT2D eigenvalue weighted by molar-refractivity contribution is 5.86. The summed E-state index contributed by atoms with van der Waals surface area (Å²) in [4.78, 5) is 10.4. The zero-order chi connectivity index (χ0) is 9.26. The van der Waals surface area contributed by atoms with Crippen LogP contribution in [0.1, 0.15) is 16.1 Å². The van der Waals surface area contributed by atoms with Gasteiger partial charge in [-0.3, -0.25) is 4.79 Å². The fraction of sp³-hybridized carbons (Fsp3) is 0.100. The summed E-state index contributed by atoms with van der Waals surface area (Å²) in [5.74, 6) is 0.512. The van der Waals surface area contributed by atoms with Crippen LogP contribution >= 0.6 is 0 Å². The van der Waals surface area contributed by atoms with Gasteiger partial charge in [-0.2, -0.15) is 0 Å². The summed E-state index contributed by atoms with van der Waals surface area (Å²) in [7, 11) is 0. The predicted molar refractivity (Wildman–Crippen MR) is 47.5 cm³/mol. The number of rotatable bonds is 2. The fourth-order valence-corrected chi connectivity index (χ4v) is 1.27. The molecule has 3 nitrogen and oxygen atoms in total. The number of carbonyl (C=O) groups is 1. The maximum Gasteiger partial charge on any atom is 0.150 e. The van der Waals surface area contributed by atoms with Crippen LogP contribution < -0.4 is 0 Å². The third-order valence-electron chi connectivity index (χ3n) is 1.88. The van der Waals surface area contributed by atoms with E-state index in [1.54, 1.807) is 24.3 Å². The van der Waals surface area contributed by atoms with Crippen LogP contribution in [0.4, 0.5) is 0 Å². The molecule has 0 bridgehead atoms. The molecule has 1 heterocycles. The number of hydrogen-bond donors (Lipinski definition) is 1. The maximum absolute atomic E-state index is 10.4. The molecular weight excluding hydrogens is 168 g/mol. The first-order chi connectivity index (χ1) is 6.33. The number of aliphatic hydroxyl groups excluding tert-OH is 1. The van der Waals surface area contributed by atoms with Crippen molar-refractivity contribution in [3.63, 3.8) is 0 Å². The van der Waals surface area contributed by atoms with Crippen LogP contribution in [-0.2, 0) is 6.61 Å². The van der Waals surface area contributed by atoms with Gasteiger partial charge in [-0.1, -0.05) is 0 Å². The normalized spacial score (nSPS) is 10.5. The molecule has 0 fully saturated rings. The number of aldehydes is 1. The molecule has 0 spiro atoms. The van der Waals surface area contributed by atoms with Gasteiger partial charge in [0.1, 0.15) is 24.2 Å². The molecule has 1 N–H and O–H groups in total. The first kappa shape index (κ1) is 8.01. The van der Waals surface area contributed by atoms with Crippen molar-refractivity contribution in [3.8, 4) is 0 Å². The van der Waals surface area contributed by atoms with E-state index in [2.05, 4.69) is 0 Å². The number of aliphatic hydroxyl groups is 1. The molecule has 0 radical (unpaired) electrons. The molecule has 66 valence electrons. The van der Waals surface area contributed by atoms with Gasteiger partial charge in [-0.25, -0.2) is 0 Å². The molecule has 0 atom stereocenters. The average Bonchev–Trinajstić information content (AvgIpc) is 2.58. The van der Waals surface area contributed by atoms with E-state index in [0.29, 0.717) is 16.9 Å². The monoisotopic (exact) mass is 176 g/mol. The highest BCUT2D eigenvalue weighted by atomic mass is 16.4. The molecule has 0 amide bonds. The Kier molecular flexibility index (Phi) is 1.87. The van der Waals surface area contributed by atoms with E-state index in [-0.39, 0.29) is 6.61 Å². The molecule has 1 aromatic heterocycles. The Morgan fingerprint density at radius 1 is 1.38 bits per heavy atom. The van der Waals surface area contributed by atoms with E-state index >= 15 is 0 Å². The molecule has 2 aromatic rings. The third kappa shape index (κ3) is 1.34. The lowest BCUT2D eigenvalue weighted by Crippen LogP contribution is -1.75. The fourth-order valence-electron chi connectivity index (χ4n) is 1.27. The summed E-state index contributed by atoms with van der Waals surface area (Å²) in [6.45, 7) is -0.120. The summed E-state index contributed by atoms with van der Waals surface area (Å²) >= 11 is 0. The molecule has 0 aliphatic heterocycles. The van der Waals surface area contributed by atoms with Gasteiger partial charge >= 0.3 is 0 Å². The molecule has 1 aromatic carbocycles. The molecular formula is C10H8O3. The summed E-state index contributed by atoms with van der Waals surface area (Å²) < 4.78 is 5.25. The average molecular weight is 176 g/mol. The number of fused-ring (bicyclic) bond motifs is 1. The van der Waals surface area contributed by atoms with Crippen molar-refractivity contribution >= 4 is 17.3 Å². The Labute approximate surface area is 74.6 Å². The van der Waals surface area contributed by atoms with Crippen molar-refractivity contribution in [2.75, 3.05) is 0 Å². The molecule has 0 unspecified atom stereocenters. The van der Waals surface area contributed by atoms with Crippen LogP contribution in [-0.4, -0.2) is 11.4 Å². The topological polar surface area (TPSA) is 50.4 Å². The van der Waals surface area contributed by atoms with Crippen LogP contribution in [0.25, 0.3) is 11.0 Å². The van der Waals surface area contributed by atoms with Crippen LogP contribution in [0.15, 0.2) is 28.7 Å². The van der Waals surface area contributed by atoms with E-state index in [1.807, 2.05) is 0 Å². The number of hydrogen-bond acceptors (Lipinski definition) is 3. The summed E-state index contributed by atoms with van der Waals surface area (Å²) in [6, 6.07) is 6.85. The standard InChI is InChI=1S/C10H8O3/c11-5-7-1-2-10-8(3-7)4-9(6-12)13-10/h1-5,12H,6H2. The highest BCUT2D eigenvalue weighted by Gasteiger charge is 2.02. The molecule has 0 aliphatic carbocycles. The number of carbonyl (C=O) groups excluding carboxylic acids is 1. The first-order valence-electron chi connectivity index (χ1n) is 3.92. The second kappa shape index (κ2) is 3.03. The SMILES string of the molecule is O=Cc1ccc2oc(CO)cc2c1. The van der Waals surface area contributed by atoms with Crippen LogP contribution in [0, 0.1) is 0 Å². The summed E-state index contributed by atoms with van der Waals surface area (Å²) in [5, 5.41) is 9.64. The zero-order valence-corrected chi connectivity index (χ0v) is 6.86. The van der Waals surface area contributed by atoms with E-state index in [9.17, 15) is 4.79 Å². The molecule has 3 heteroatoms. The van der Waals surface area contributed by atoms with Crippen molar-refractivity contribution in [1.82, 2.24) is 0 Å². The van der Waals surface area contributed by atoms with E-state index < -0.39 is 0 Å². The molecule has 13 heavy (non-hydrogen) atoms. The minimum absolute atomic E-state index is 0.120.